The first-order chi connectivity index (χ1) is 15.1. The van der Waals surface area contributed by atoms with E-state index in [2.05, 4.69) is 0 Å². The lowest BCUT2D eigenvalue weighted by molar-refractivity contribution is -0.137. The summed E-state index contributed by atoms with van der Waals surface area (Å²) in [5.74, 6) is -0.405. The summed E-state index contributed by atoms with van der Waals surface area (Å²) in [6.07, 6.45) is -10.5. The molecule has 2 aromatic carbocycles. The molecule has 33 heavy (non-hydrogen) atoms. The fourth-order valence-corrected chi connectivity index (χ4v) is 3.92. The van der Waals surface area contributed by atoms with Gasteiger partial charge in [-0.05, 0) is 43.7 Å². The lowest BCUT2D eigenvalue weighted by atomic mass is 10.0. The van der Waals surface area contributed by atoms with E-state index in [1.165, 1.54) is 16.9 Å². The number of alkyl halides is 6. The van der Waals surface area contributed by atoms with Crippen molar-refractivity contribution in [1.29, 1.82) is 0 Å². The van der Waals surface area contributed by atoms with Crippen molar-refractivity contribution < 1.29 is 44.3 Å². The highest BCUT2D eigenvalue weighted by molar-refractivity contribution is 7.89. The van der Waals surface area contributed by atoms with Gasteiger partial charge in [-0.15, -0.1) is 0 Å². The van der Waals surface area contributed by atoms with Crippen LogP contribution in [0.1, 0.15) is 30.5 Å². The Morgan fingerprint density at radius 1 is 1.00 bits per heavy atom. The largest absolute Gasteiger partial charge is 0.491 e. The Morgan fingerprint density at radius 2 is 1.67 bits per heavy atom. The van der Waals surface area contributed by atoms with Crippen LogP contribution < -0.4 is 9.46 Å². The molecule has 0 fully saturated rings. The van der Waals surface area contributed by atoms with Crippen LogP contribution in [0.4, 0.5) is 26.3 Å². The molecule has 0 radical (unpaired) electrons. The second-order valence-corrected chi connectivity index (χ2v) is 9.23. The highest BCUT2D eigenvalue weighted by Crippen LogP contribution is 2.30. The van der Waals surface area contributed by atoms with Crippen LogP contribution in [-0.4, -0.2) is 33.0 Å². The summed E-state index contributed by atoms with van der Waals surface area (Å²) in [7, 11) is -4.54. The first kappa shape index (κ1) is 26.7. The van der Waals surface area contributed by atoms with Crippen LogP contribution in [0.3, 0.4) is 0 Å². The standard InChI is InChI=1S/C21H21F6NO4S/c1-13(2)32-19-7-6-18(33(30,31)28-12-20(22,23)24)11-15(19)10-17(29)9-14-4-3-5-16(8-14)21(25,26)27/h3-8,11,13,28H,9-10,12H2,1-2H3. The zero-order chi connectivity index (χ0) is 25.0. The average Bonchev–Trinajstić information content (AvgIpc) is 2.66. The second-order valence-electron chi connectivity index (χ2n) is 7.47. The van der Waals surface area contributed by atoms with Crippen molar-refractivity contribution in [1.82, 2.24) is 4.72 Å². The second kappa shape index (κ2) is 10.1. The number of ether oxygens (including phenoxy) is 1. The van der Waals surface area contributed by atoms with E-state index >= 15 is 0 Å². The number of halogens is 6. The molecular formula is C21H21F6NO4S. The lowest BCUT2D eigenvalue weighted by Crippen LogP contribution is -2.33. The van der Waals surface area contributed by atoms with Gasteiger partial charge in [-0.1, -0.05) is 18.2 Å². The summed E-state index contributed by atoms with van der Waals surface area (Å²) in [4.78, 5) is 12.0. The smallest absolute Gasteiger partial charge is 0.416 e. The van der Waals surface area contributed by atoms with E-state index in [9.17, 15) is 39.6 Å². The maximum atomic E-state index is 12.9. The van der Waals surface area contributed by atoms with Crippen molar-refractivity contribution in [2.24, 2.45) is 0 Å². The van der Waals surface area contributed by atoms with Crippen molar-refractivity contribution in [3.63, 3.8) is 0 Å². The number of ketones is 1. The molecule has 2 rings (SSSR count). The van der Waals surface area contributed by atoms with E-state index in [-0.39, 0.29) is 29.4 Å². The monoisotopic (exact) mass is 497 g/mol. The van der Waals surface area contributed by atoms with Crippen LogP contribution in [0.25, 0.3) is 0 Å². The average molecular weight is 497 g/mol. The third-order valence-corrected chi connectivity index (χ3v) is 5.61. The van der Waals surface area contributed by atoms with E-state index in [0.717, 1.165) is 30.3 Å². The molecule has 1 N–H and O–H groups in total. The first-order valence-electron chi connectivity index (χ1n) is 9.60. The molecule has 0 unspecified atom stereocenters. The molecule has 5 nitrogen and oxygen atoms in total. The van der Waals surface area contributed by atoms with Gasteiger partial charge in [-0.25, -0.2) is 13.1 Å². The Hall–Kier alpha value is -2.60. The van der Waals surface area contributed by atoms with Crippen LogP contribution in [0, 0.1) is 0 Å². The van der Waals surface area contributed by atoms with E-state index in [1.807, 2.05) is 0 Å². The summed E-state index contributed by atoms with van der Waals surface area (Å²) in [6.45, 7) is 1.57. The zero-order valence-corrected chi connectivity index (χ0v) is 18.4. The number of hydrogen-bond donors (Lipinski definition) is 1. The van der Waals surface area contributed by atoms with E-state index in [4.69, 9.17) is 4.74 Å². The molecule has 0 amide bonds. The Morgan fingerprint density at radius 3 is 2.24 bits per heavy atom. The molecule has 12 heteroatoms. The fraction of sp³-hybridized carbons (Fsp3) is 0.381. The zero-order valence-electron chi connectivity index (χ0n) is 17.5. The molecule has 0 spiro atoms. The van der Waals surface area contributed by atoms with Crippen molar-refractivity contribution in [3.8, 4) is 5.75 Å². The number of rotatable bonds is 9. The minimum Gasteiger partial charge on any atom is -0.491 e. The van der Waals surface area contributed by atoms with Gasteiger partial charge in [0.25, 0.3) is 0 Å². The lowest BCUT2D eigenvalue weighted by Gasteiger charge is -2.16. The molecule has 2 aromatic rings. The van der Waals surface area contributed by atoms with Crippen LogP contribution in [-0.2, 0) is 33.8 Å². The molecule has 0 bridgehead atoms. The van der Waals surface area contributed by atoms with Gasteiger partial charge in [-0.3, -0.25) is 4.79 Å². The normalized spacial score (nSPS) is 12.8. The molecular weight excluding hydrogens is 476 g/mol. The third kappa shape index (κ3) is 8.35. The predicted octanol–water partition coefficient (Wildman–Crippen LogP) is 4.69. The minimum atomic E-state index is -4.77. The van der Waals surface area contributed by atoms with Crippen molar-refractivity contribution in [2.45, 2.75) is 50.0 Å². The van der Waals surface area contributed by atoms with Crippen molar-refractivity contribution >= 4 is 15.8 Å². The number of sulfonamides is 1. The van der Waals surface area contributed by atoms with Gasteiger partial charge in [0.15, 0.2) is 0 Å². The molecule has 0 saturated heterocycles. The van der Waals surface area contributed by atoms with Gasteiger partial charge in [-0.2, -0.15) is 26.3 Å². The van der Waals surface area contributed by atoms with Crippen LogP contribution in [0.15, 0.2) is 47.4 Å². The van der Waals surface area contributed by atoms with Crippen LogP contribution >= 0.6 is 0 Å². The van der Waals surface area contributed by atoms with Crippen molar-refractivity contribution in [2.75, 3.05) is 6.54 Å². The Balaban J connectivity index is 2.29. The number of hydrogen-bond acceptors (Lipinski definition) is 4. The Bertz CT molecular complexity index is 1090. The van der Waals surface area contributed by atoms with E-state index in [0.29, 0.717) is 0 Å². The Kier molecular flexibility index (Phi) is 8.18. The predicted molar refractivity (Wildman–Crippen MR) is 107 cm³/mol. The molecule has 0 atom stereocenters. The molecule has 0 aromatic heterocycles. The molecule has 182 valence electrons. The van der Waals surface area contributed by atoms with Gasteiger partial charge >= 0.3 is 12.4 Å². The maximum absolute atomic E-state index is 12.9. The molecule has 0 saturated carbocycles. The molecule has 0 heterocycles. The van der Waals surface area contributed by atoms with Gasteiger partial charge in [0.1, 0.15) is 18.1 Å². The van der Waals surface area contributed by atoms with Gasteiger partial charge in [0, 0.05) is 18.4 Å². The van der Waals surface area contributed by atoms with E-state index < -0.39 is 51.6 Å². The highest BCUT2D eigenvalue weighted by atomic mass is 32.2. The summed E-state index contributed by atoms with van der Waals surface area (Å²) < 4.78 is 107. The number of benzene rings is 2. The fourth-order valence-electron chi connectivity index (χ4n) is 2.85. The van der Waals surface area contributed by atoms with Gasteiger partial charge in [0.05, 0.1) is 16.6 Å². The molecule has 0 aliphatic carbocycles. The summed E-state index contributed by atoms with van der Waals surface area (Å²) in [6, 6.07) is 7.49. The topological polar surface area (TPSA) is 72.5 Å². The highest BCUT2D eigenvalue weighted by Gasteiger charge is 2.31. The van der Waals surface area contributed by atoms with Crippen LogP contribution in [0.5, 0.6) is 5.75 Å². The first-order valence-corrected chi connectivity index (χ1v) is 11.1. The number of carbonyl (C=O) groups excluding carboxylic acids is 1. The van der Waals surface area contributed by atoms with Crippen molar-refractivity contribution in [3.05, 3.63) is 59.2 Å². The Labute approximate surface area is 186 Å². The number of nitrogens with one attached hydrogen (secondary N) is 1. The summed E-state index contributed by atoms with van der Waals surface area (Å²) in [5, 5.41) is 0. The quantitative estimate of drug-likeness (QED) is 0.511. The van der Waals surface area contributed by atoms with Gasteiger partial charge in [0.2, 0.25) is 10.0 Å². The number of Topliss-reactive ketones (excluding diaryl/α,β-unsaturated/α-hetero) is 1. The number of carbonyl (C=O) groups is 1. The van der Waals surface area contributed by atoms with Gasteiger partial charge < -0.3 is 4.74 Å². The molecule has 0 aliphatic rings. The minimum absolute atomic E-state index is 0.0792. The third-order valence-electron chi connectivity index (χ3n) is 4.21. The molecule has 0 aliphatic heterocycles. The maximum Gasteiger partial charge on any atom is 0.416 e. The summed E-state index contributed by atoms with van der Waals surface area (Å²) in [5.41, 5.74) is -0.729. The summed E-state index contributed by atoms with van der Waals surface area (Å²) >= 11 is 0. The van der Waals surface area contributed by atoms with E-state index in [1.54, 1.807) is 13.8 Å². The SMILES string of the molecule is CC(C)Oc1ccc(S(=O)(=O)NCC(F)(F)F)cc1CC(=O)Cc1cccc(C(F)(F)F)c1. The van der Waals surface area contributed by atoms with Crippen LogP contribution in [0.2, 0.25) is 0 Å².